The average Bonchev–Trinajstić information content (AvgIpc) is 2.15. The van der Waals surface area contributed by atoms with E-state index in [1.165, 1.54) is 5.57 Å². The van der Waals surface area contributed by atoms with Gasteiger partial charge >= 0.3 is 0 Å². The highest BCUT2D eigenvalue weighted by Gasteiger charge is 2.30. The fraction of sp³-hybridized carbons (Fsp3) is 0.833. The van der Waals surface area contributed by atoms with Gasteiger partial charge in [0.25, 0.3) is 0 Å². The highest BCUT2D eigenvalue weighted by atomic mass is 16.5. The van der Waals surface area contributed by atoms with E-state index in [2.05, 4.69) is 26.8 Å². The molecule has 14 heavy (non-hydrogen) atoms. The van der Waals surface area contributed by atoms with Gasteiger partial charge in [0.2, 0.25) is 0 Å². The molecule has 0 aromatic heterocycles. The molecule has 1 heterocycles. The van der Waals surface area contributed by atoms with E-state index < -0.39 is 0 Å². The Labute approximate surface area is 87.3 Å². The molecule has 0 saturated carbocycles. The van der Waals surface area contributed by atoms with Crippen LogP contribution in [0.4, 0.5) is 0 Å². The fourth-order valence-electron chi connectivity index (χ4n) is 1.64. The Hall–Kier alpha value is -0.340. The van der Waals surface area contributed by atoms with Crippen LogP contribution in [0.3, 0.4) is 0 Å². The largest absolute Gasteiger partial charge is 0.381 e. The van der Waals surface area contributed by atoms with Gasteiger partial charge in [-0.3, -0.25) is 0 Å². The molecule has 0 aromatic carbocycles. The van der Waals surface area contributed by atoms with Crippen LogP contribution in [-0.4, -0.2) is 25.9 Å². The third kappa shape index (κ3) is 3.10. The van der Waals surface area contributed by atoms with Crippen molar-refractivity contribution < 1.29 is 9.47 Å². The normalized spacial score (nSPS) is 23.4. The van der Waals surface area contributed by atoms with Gasteiger partial charge in [0.15, 0.2) is 0 Å². The van der Waals surface area contributed by atoms with E-state index in [9.17, 15) is 0 Å². The molecule has 1 aliphatic rings. The van der Waals surface area contributed by atoms with Gasteiger partial charge in [-0.25, -0.2) is 0 Å². The first-order valence-corrected chi connectivity index (χ1v) is 5.43. The Balaban J connectivity index is 2.57. The van der Waals surface area contributed by atoms with Gasteiger partial charge in [0, 0.05) is 12.0 Å². The van der Waals surface area contributed by atoms with Crippen molar-refractivity contribution in [2.75, 3.05) is 19.8 Å². The van der Waals surface area contributed by atoms with Crippen LogP contribution in [0.25, 0.3) is 0 Å². The molecule has 2 nitrogen and oxygen atoms in total. The second kappa shape index (κ2) is 4.94. The molecule has 0 aliphatic carbocycles. The molecule has 1 unspecified atom stereocenters. The third-order valence-corrected chi connectivity index (χ3v) is 2.68. The predicted octanol–water partition coefficient (Wildman–Crippen LogP) is 2.78. The van der Waals surface area contributed by atoms with Crippen LogP contribution in [-0.2, 0) is 9.47 Å². The maximum Gasteiger partial charge on any atom is 0.0831 e. The van der Waals surface area contributed by atoms with Crippen LogP contribution in [0.2, 0.25) is 0 Å². The van der Waals surface area contributed by atoms with Crippen molar-refractivity contribution in [1.82, 2.24) is 0 Å². The van der Waals surface area contributed by atoms with E-state index in [0.717, 1.165) is 26.2 Å². The lowest BCUT2D eigenvalue weighted by Crippen LogP contribution is -2.36. The van der Waals surface area contributed by atoms with E-state index in [1.807, 2.05) is 6.92 Å². The maximum atomic E-state index is 5.75. The number of hydrogen-bond acceptors (Lipinski definition) is 2. The van der Waals surface area contributed by atoms with Gasteiger partial charge in [0.05, 0.1) is 19.3 Å². The van der Waals surface area contributed by atoms with Crippen molar-refractivity contribution in [3.8, 4) is 0 Å². The summed E-state index contributed by atoms with van der Waals surface area (Å²) in [6.07, 6.45) is 3.52. The van der Waals surface area contributed by atoms with E-state index in [1.54, 1.807) is 0 Å². The summed E-state index contributed by atoms with van der Waals surface area (Å²) >= 11 is 0. The van der Waals surface area contributed by atoms with E-state index in [0.29, 0.717) is 0 Å². The summed E-state index contributed by atoms with van der Waals surface area (Å²) in [4.78, 5) is 0. The minimum absolute atomic E-state index is 0.0810. The molecule has 0 radical (unpaired) electrons. The van der Waals surface area contributed by atoms with Crippen LogP contribution >= 0.6 is 0 Å². The van der Waals surface area contributed by atoms with E-state index in [-0.39, 0.29) is 11.5 Å². The number of ether oxygens (including phenoxy) is 2. The molecule has 2 heteroatoms. The minimum atomic E-state index is 0.0810. The maximum absolute atomic E-state index is 5.75. The standard InChI is InChI=1S/C12H22O2/c1-5-13-9-12(3,4)11-8-10(2)6-7-14-11/h8,11H,5-7,9H2,1-4H3. The zero-order chi connectivity index (χ0) is 10.6. The minimum Gasteiger partial charge on any atom is -0.381 e. The lowest BCUT2D eigenvalue weighted by atomic mass is 9.85. The summed E-state index contributed by atoms with van der Waals surface area (Å²) in [7, 11) is 0. The first-order chi connectivity index (χ1) is 6.56. The zero-order valence-electron chi connectivity index (χ0n) is 9.80. The first kappa shape index (κ1) is 11.7. The molecule has 0 aromatic rings. The topological polar surface area (TPSA) is 18.5 Å². The van der Waals surface area contributed by atoms with Gasteiger partial charge in [-0.1, -0.05) is 25.5 Å². The molecule has 1 rings (SSSR count). The molecule has 0 N–H and O–H groups in total. The lowest BCUT2D eigenvalue weighted by molar-refractivity contribution is -0.0439. The number of rotatable bonds is 4. The van der Waals surface area contributed by atoms with Gasteiger partial charge < -0.3 is 9.47 Å². The first-order valence-electron chi connectivity index (χ1n) is 5.43. The second-order valence-electron chi connectivity index (χ2n) is 4.68. The quantitative estimate of drug-likeness (QED) is 0.647. The van der Waals surface area contributed by atoms with Crippen LogP contribution in [0.1, 0.15) is 34.1 Å². The van der Waals surface area contributed by atoms with Crippen LogP contribution < -0.4 is 0 Å². The fourth-order valence-corrected chi connectivity index (χ4v) is 1.64. The number of hydrogen-bond donors (Lipinski definition) is 0. The van der Waals surface area contributed by atoms with Crippen molar-refractivity contribution >= 4 is 0 Å². The van der Waals surface area contributed by atoms with Gasteiger partial charge in [0.1, 0.15) is 0 Å². The summed E-state index contributed by atoms with van der Waals surface area (Å²) in [5.41, 5.74) is 1.52. The predicted molar refractivity (Wildman–Crippen MR) is 58.4 cm³/mol. The summed E-state index contributed by atoms with van der Waals surface area (Å²) in [6, 6.07) is 0. The summed E-state index contributed by atoms with van der Waals surface area (Å²) in [5, 5.41) is 0. The van der Waals surface area contributed by atoms with Gasteiger partial charge in [-0.05, 0) is 20.3 Å². The summed E-state index contributed by atoms with van der Waals surface area (Å²) in [5.74, 6) is 0. The van der Waals surface area contributed by atoms with Crippen LogP contribution in [0, 0.1) is 5.41 Å². The Kier molecular flexibility index (Phi) is 4.14. The summed E-state index contributed by atoms with van der Waals surface area (Å²) in [6.45, 7) is 11.0. The Morgan fingerprint density at radius 1 is 1.57 bits per heavy atom. The molecule has 0 saturated heterocycles. The highest BCUT2D eigenvalue weighted by Crippen LogP contribution is 2.29. The lowest BCUT2D eigenvalue weighted by Gasteiger charge is -2.34. The van der Waals surface area contributed by atoms with Crippen molar-refractivity contribution in [3.63, 3.8) is 0 Å². The van der Waals surface area contributed by atoms with Crippen molar-refractivity contribution in [3.05, 3.63) is 11.6 Å². The Morgan fingerprint density at radius 3 is 2.86 bits per heavy atom. The molecular formula is C12H22O2. The highest BCUT2D eigenvalue weighted by molar-refractivity contribution is 5.08. The van der Waals surface area contributed by atoms with Gasteiger partial charge in [-0.15, -0.1) is 0 Å². The third-order valence-electron chi connectivity index (χ3n) is 2.68. The van der Waals surface area contributed by atoms with Crippen LogP contribution in [0.5, 0.6) is 0 Å². The Bertz CT molecular complexity index is 206. The molecule has 1 aliphatic heterocycles. The smallest absolute Gasteiger partial charge is 0.0831 e. The molecule has 82 valence electrons. The molecule has 0 bridgehead atoms. The zero-order valence-corrected chi connectivity index (χ0v) is 9.80. The SMILES string of the molecule is CCOCC(C)(C)C1C=C(C)CCO1. The molecule has 1 atom stereocenters. The van der Waals surface area contributed by atoms with E-state index >= 15 is 0 Å². The van der Waals surface area contributed by atoms with Crippen LogP contribution in [0.15, 0.2) is 11.6 Å². The monoisotopic (exact) mass is 198 g/mol. The van der Waals surface area contributed by atoms with Crippen molar-refractivity contribution in [2.24, 2.45) is 5.41 Å². The van der Waals surface area contributed by atoms with Crippen molar-refractivity contribution in [1.29, 1.82) is 0 Å². The Morgan fingerprint density at radius 2 is 2.29 bits per heavy atom. The van der Waals surface area contributed by atoms with Crippen molar-refractivity contribution in [2.45, 2.75) is 40.2 Å². The molecule has 0 spiro atoms. The van der Waals surface area contributed by atoms with E-state index in [4.69, 9.17) is 9.47 Å². The molecule has 0 fully saturated rings. The molecular weight excluding hydrogens is 176 g/mol. The molecule has 0 amide bonds. The second-order valence-corrected chi connectivity index (χ2v) is 4.68. The summed E-state index contributed by atoms with van der Waals surface area (Å²) < 4.78 is 11.2. The van der Waals surface area contributed by atoms with Gasteiger partial charge in [-0.2, -0.15) is 0 Å². The average molecular weight is 198 g/mol.